The zero-order valence-corrected chi connectivity index (χ0v) is 18.1. The fourth-order valence-electron chi connectivity index (χ4n) is 5.36. The fraction of sp³-hybridized carbons (Fsp3) is 0.269. The summed E-state index contributed by atoms with van der Waals surface area (Å²) in [4.78, 5) is 19.6. The number of piperidine rings is 1. The summed E-state index contributed by atoms with van der Waals surface area (Å²) in [6.07, 6.45) is 8.36. The van der Waals surface area contributed by atoms with E-state index < -0.39 is 0 Å². The van der Waals surface area contributed by atoms with Gasteiger partial charge in [0.05, 0.1) is 6.20 Å². The Bertz CT molecular complexity index is 1360. The van der Waals surface area contributed by atoms with Gasteiger partial charge in [0.15, 0.2) is 0 Å². The topological polar surface area (TPSA) is 56.0 Å². The predicted octanol–water partition coefficient (Wildman–Crippen LogP) is 3.85. The van der Waals surface area contributed by atoms with Gasteiger partial charge in [0, 0.05) is 73.6 Å². The van der Waals surface area contributed by atoms with E-state index in [-0.39, 0.29) is 11.4 Å². The largest absolute Gasteiger partial charge is 0.312 e. The van der Waals surface area contributed by atoms with E-state index in [1.165, 1.54) is 6.07 Å². The maximum absolute atomic E-state index is 14.1. The molecule has 2 aliphatic heterocycles. The van der Waals surface area contributed by atoms with Crippen LogP contribution in [0.1, 0.15) is 23.6 Å². The number of para-hydroxylation sites is 1. The molecule has 1 aromatic carbocycles. The van der Waals surface area contributed by atoms with Crippen molar-refractivity contribution in [1.29, 1.82) is 0 Å². The smallest absolute Gasteiger partial charge is 0.251 e. The maximum atomic E-state index is 14.1. The van der Waals surface area contributed by atoms with Crippen molar-refractivity contribution in [3.8, 4) is 16.8 Å². The molecule has 0 saturated carbocycles. The lowest BCUT2D eigenvalue weighted by molar-refractivity contribution is 0.114. The average Bonchev–Trinajstić information content (AvgIpc) is 3.28. The molecule has 3 aromatic heterocycles. The zero-order chi connectivity index (χ0) is 22.4. The highest BCUT2D eigenvalue weighted by Crippen LogP contribution is 2.37. The highest BCUT2D eigenvalue weighted by molar-refractivity contribution is 5.62. The number of pyridine rings is 2. The van der Waals surface area contributed by atoms with Crippen molar-refractivity contribution >= 4 is 0 Å². The van der Waals surface area contributed by atoms with Crippen molar-refractivity contribution in [3.63, 3.8) is 0 Å². The standard InChI is InChI=1S/C26H24FN5O/c27-23-5-1-2-6-24(23)32-16-19(11-29-32)14-30-13-18-8-22(17-30)25-9-21(10-26(33)31(25)15-18)20-4-3-7-28-12-20/h1-7,9-12,16,18,22H,8,13-15,17H2/t18-,22+/m0/s1. The Morgan fingerprint density at radius 3 is 2.76 bits per heavy atom. The molecule has 6 nitrogen and oxygen atoms in total. The number of nitrogens with zero attached hydrogens (tertiary/aromatic N) is 5. The van der Waals surface area contributed by atoms with Crippen LogP contribution in [-0.2, 0) is 13.1 Å². The van der Waals surface area contributed by atoms with Gasteiger partial charge in [-0.2, -0.15) is 5.10 Å². The minimum absolute atomic E-state index is 0.0701. The first-order valence-electron chi connectivity index (χ1n) is 11.3. The molecule has 0 spiro atoms. The highest BCUT2D eigenvalue weighted by Gasteiger charge is 2.35. The van der Waals surface area contributed by atoms with E-state index in [9.17, 15) is 9.18 Å². The van der Waals surface area contributed by atoms with E-state index in [4.69, 9.17) is 0 Å². The van der Waals surface area contributed by atoms with Gasteiger partial charge in [0.2, 0.25) is 0 Å². The first kappa shape index (κ1) is 20.1. The Hall–Kier alpha value is -3.58. The molecule has 0 N–H and O–H groups in total. The van der Waals surface area contributed by atoms with Gasteiger partial charge in [-0.3, -0.25) is 14.7 Å². The average molecular weight is 442 g/mol. The minimum Gasteiger partial charge on any atom is -0.312 e. The molecule has 6 rings (SSSR count). The molecule has 0 amide bonds. The van der Waals surface area contributed by atoms with E-state index in [1.54, 1.807) is 35.3 Å². The summed E-state index contributed by atoms with van der Waals surface area (Å²) >= 11 is 0. The quantitative estimate of drug-likeness (QED) is 0.483. The van der Waals surface area contributed by atoms with Crippen LogP contribution in [0.25, 0.3) is 16.8 Å². The Morgan fingerprint density at radius 2 is 1.91 bits per heavy atom. The van der Waals surface area contributed by atoms with Crippen LogP contribution in [0, 0.1) is 11.7 Å². The predicted molar refractivity (Wildman–Crippen MR) is 124 cm³/mol. The molecule has 2 aliphatic rings. The SMILES string of the molecule is O=c1cc(-c2cccnc2)cc2n1C[C@H]1C[C@@H]2CN(Cc2cnn(-c3ccccc3F)c2)C1. The number of likely N-dealkylation sites (tertiary alicyclic amines) is 1. The summed E-state index contributed by atoms with van der Waals surface area (Å²) < 4.78 is 17.7. The third kappa shape index (κ3) is 3.78. The molecule has 33 heavy (non-hydrogen) atoms. The van der Waals surface area contributed by atoms with Gasteiger partial charge in [-0.1, -0.05) is 18.2 Å². The zero-order valence-electron chi connectivity index (χ0n) is 18.1. The molecular formula is C26H24FN5O. The van der Waals surface area contributed by atoms with Crippen LogP contribution >= 0.6 is 0 Å². The van der Waals surface area contributed by atoms with Gasteiger partial charge in [-0.05, 0) is 42.2 Å². The second-order valence-electron chi connectivity index (χ2n) is 9.10. The third-order valence-corrected chi connectivity index (χ3v) is 6.77. The monoisotopic (exact) mass is 441 g/mol. The van der Waals surface area contributed by atoms with Gasteiger partial charge in [0.25, 0.3) is 5.56 Å². The van der Waals surface area contributed by atoms with E-state index >= 15 is 0 Å². The molecule has 4 aromatic rings. The number of benzene rings is 1. The molecule has 0 aliphatic carbocycles. The molecule has 0 unspecified atom stereocenters. The maximum Gasteiger partial charge on any atom is 0.251 e. The summed E-state index contributed by atoms with van der Waals surface area (Å²) in [5, 5.41) is 4.38. The van der Waals surface area contributed by atoms with E-state index in [1.807, 2.05) is 35.2 Å². The number of hydrogen-bond acceptors (Lipinski definition) is 4. The molecule has 166 valence electrons. The van der Waals surface area contributed by atoms with Crippen molar-refractivity contribution in [2.24, 2.45) is 5.92 Å². The summed E-state index contributed by atoms with van der Waals surface area (Å²) in [6.45, 7) is 3.34. The summed E-state index contributed by atoms with van der Waals surface area (Å²) in [7, 11) is 0. The van der Waals surface area contributed by atoms with Crippen LogP contribution in [-0.4, -0.2) is 37.3 Å². The van der Waals surface area contributed by atoms with E-state index in [0.29, 0.717) is 17.5 Å². The van der Waals surface area contributed by atoms with Crippen LogP contribution in [0.4, 0.5) is 4.39 Å². The Kier molecular flexibility index (Phi) is 4.91. The van der Waals surface area contributed by atoms with Crippen LogP contribution in [0.5, 0.6) is 0 Å². The van der Waals surface area contributed by atoms with Crippen molar-refractivity contribution in [2.45, 2.75) is 25.4 Å². The fourth-order valence-corrected chi connectivity index (χ4v) is 5.36. The molecule has 2 bridgehead atoms. The van der Waals surface area contributed by atoms with Gasteiger partial charge < -0.3 is 4.57 Å². The molecule has 0 radical (unpaired) electrons. The number of rotatable bonds is 4. The molecular weight excluding hydrogens is 417 g/mol. The van der Waals surface area contributed by atoms with Gasteiger partial charge in [0.1, 0.15) is 11.5 Å². The highest BCUT2D eigenvalue weighted by atomic mass is 19.1. The minimum atomic E-state index is -0.286. The summed E-state index contributed by atoms with van der Waals surface area (Å²) in [5.74, 6) is 0.467. The molecule has 2 atom stereocenters. The van der Waals surface area contributed by atoms with Gasteiger partial charge in [-0.15, -0.1) is 0 Å². The second kappa shape index (κ2) is 8.08. The first-order chi connectivity index (χ1) is 16.1. The lowest BCUT2D eigenvalue weighted by atomic mass is 9.82. The van der Waals surface area contributed by atoms with Gasteiger partial charge >= 0.3 is 0 Å². The number of halogens is 1. The number of hydrogen-bond donors (Lipinski definition) is 0. The van der Waals surface area contributed by atoms with Crippen molar-refractivity contribution < 1.29 is 4.39 Å². The third-order valence-electron chi connectivity index (χ3n) is 6.77. The lowest BCUT2D eigenvalue weighted by Crippen LogP contribution is -2.46. The van der Waals surface area contributed by atoms with Crippen LogP contribution < -0.4 is 5.56 Å². The molecule has 1 fully saturated rings. The molecule has 1 saturated heterocycles. The Balaban J connectivity index is 1.25. The lowest BCUT2D eigenvalue weighted by Gasteiger charge is -2.42. The molecule has 5 heterocycles. The van der Waals surface area contributed by atoms with Gasteiger partial charge in [-0.25, -0.2) is 9.07 Å². The first-order valence-corrected chi connectivity index (χ1v) is 11.3. The molecule has 7 heteroatoms. The summed E-state index contributed by atoms with van der Waals surface area (Å²) in [6, 6.07) is 14.4. The number of fused-ring (bicyclic) bond motifs is 4. The summed E-state index contributed by atoms with van der Waals surface area (Å²) in [5.41, 5.74) is 4.59. The van der Waals surface area contributed by atoms with Crippen molar-refractivity contribution in [1.82, 2.24) is 24.2 Å². The van der Waals surface area contributed by atoms with Crippen LogP contribution in [0.15, 0.2) is 78.1 Å². The van der Waals surface area contributed by atoms with E-state index in [2.05, 4.69) is 21.0 Å². The second-order valence-corrected chi connectivity index (χ2v) is 9.10. The van der Waals surface area contributed by atoms with E-state index in [0.717, 1.165) is 55.0 Å². The van der Waals surface area contributed by atoms with Crippen LogP contribution in [0.2, 0.25) is 0 Å². The van der Waals surface area contributed by atoms with Crippen molar-refractivity contribution in [3.05, 3.63) is 101 Å². The van der Waals surface area contributed by atoms with Crippen molar-refractivity contribution in [2.75, 3.05) is 13.1 Å². The Labute approximate surface area is 190 Å². The normalized spacial score (nSPS) is 19.9. The number of aromatic nitrogens is 4. The van der Waals surface area contributed by atoms with Crippen LogP contribution in [0.3, 0.4) is 0 Å². The Morgan fingerprint density at radius 1 is 1.00 bits per heavy atom.